The van der Waals surface area contributed by atoms with Crippen LogP contribution in [0.5, 0.6) is 0 Å². The van der Waals surface area contributed by atoms with E-state index in [2.05, 4.69) is 5.32 Å². The largest absolute Gasteiger partial charge is 0.377 e. The summed E-state index contributed by atoms with van der Waals surface area (Å²) in [6, 6.07) is 4.21. The Bertz CT molecular complexity index is 682. The first-order chi connectivity index (χ1) is 10.8. The van der Waals surface area contributed by atoms with Crippen LogP contribution in [0.1, 0.15) is 33.6 Å². The van der Waals surface area contributed by atoms with Gasteiger partial charge in [-0.25, -0.2) is 8.42 Å². The van der Waals surface area contributed by atoms with Crippen molar-refractivity contribution in [1.29, 1.82) is 0 Å². The Kier molecular flexibility index (Phi) is 5.26. The van der Waals surface area contributed by atoms with Crippen LogP contribution in [0.2, 0.25) is 0 Å². The summed E-state index contributed by atoms with van der Waals surface area (Å²) in [4.78, 5) is 10.8. The van der Waals surface area contributed by atoms with Crippen LogP contribution in [-0.4, -0.2) is 36.8 Å². The minimum Gasteiger partial charge on any atom is -0.377 e. The Balaban J connectivity index is 2.37. The van der Waals surface area contributed by atoms with E-state index in [9.17, 15) is 18.5 Å². The van der Waals surface area contributed by atoms with Crippen molar-refractivity contribution in [3.8, 4) is 0 Å². The Labute approximate surface area is 136 Å². The lowest BCUT2D eigenvalue weighted by Crippen LogP contribution is -2.30. The van der Waals surface area contributed by atoms with Gasteiger partial charge in [-0.1, -0.05) is 13.8 Å². The molecular weight excluding hydrogens is 318 g/mol. The predicted molar refractivity (Wildman–Crippen MR) is 89.0 cm³/mol. The molecular formula is C15H23N3O4S. The van der Waals surface area contributed by atoms with Gasteiger partial charge in [0.15, 0.2) is 0 Å². The molecule has 1 saturated carbocycles. The van der Waals surface area contributed by atoms with E-state index >= 15 is 0 Å². The summed E-state index contributed by atoms with van der Waals surface area (Å²) in [7, 11) is -3.71. The van der Waals surface area contributed by atoms with Crippen LogP contribution < -0.4 is 5.32 Å². The van der Waals surface area contributed by atoms with Gasteiger partial charge >= 0.3 is 0 Å². The standard InChI is InChI=1S/C15H23N3O4S/c1-4-17(5-2)23(21,22)13-8-9-14(15(10-13)18(19)20)16-11(3)12-6-7-12/h8-12,16H,4-7H2,1-3H3. The lowest BCUT2D eigenvalue weighted by Gasteiger charge is -2.19. The van der Waals surface area contributed by atoms with Crippen LogP contribution in [0, 0.1) is 16.0 Å². The highest BCUT2D eigenvalue weighted by Crippen LogP contribution is 2.36. The maximum absolute atomic E-state index is 12.5. The van der Waals surface area contributed by atoms with Crippen molar-refractivity contribution < 1.29 is 13.3 Å². The van der Waals surface area contributed by atoms with Crippen molar-refractivity contribution in [2.75, 3.05) is 18.4 Å². The molecule has 0 heterocycles. The maximum atomic E-state index is 12.5. The summed E-state index contributed by atoms with van der Waals surface area (Å²) in [5.74, 6) is 0.536. The Morgan fingerprint density at radius 2 is 1.96 bits per heavy atom. The van der Waals surface area contributed by atoms with Gasteiger partial charge in [0.05, 0.1) is 9.82 Å². The van der Waals surface area contributed by atoms with Gasteiger partial charge in [0.2, 0.25) is 10.0 Å². The van der Waals surface area contributed by atoms with E-state index in [1.165, 1.54) is 16.4 Å². The normalized spacial score (nSPS) is 16.3. The molecule has 0 bridgehead atoms. The molecule has 2 rings (SSSR count). The lowest BCUT2D eigenvalue weighted by atomic mass is 10.2. The molecule has 1 unspecified atom stereocenters. The molecule has 1 aliphatic carbocycles. The highest BCUT2D eigenvalue weighted by molar-refractivity contribution is 7.89. The first-order valence-corrected chi connectivity index (χ1v) is 9.30. The number of hydrogen-bond acceptors (Lipinski definition) is 5. The summed E-state index contributed by atoms with van der Waals surface area (Å²) < 4.78 is 26.3. The summed E-state index contributed by atoms with van der Waals surface area (Å²) in [5.41, 5.74) is 0.165. The molecule has 0 amide bonds. The molecule has 1 atom stereocenters. The molecule has 0 spiro atoms. The number of hydrogen-bond donors (Lipinski definition) is 1. The van der Waals surface area contributed by atoms with Crippen LogP contribution >= 0.6 is 0 Å². The molecule has 0 aliphatic heterocycles. The molecule has 128 valence electrons. The maximum Gasteiger partial charge on any atom is 0.293 e. The highest BCUT2D eigenvalue weighted by Gasteiger charge is 2.30. The van der Waals surface area contributed by atoms with Crippen LogP contribution in [0.3, 0.4) is 0 Å². The zero-order valence-corrected chi connectivity index (χ0v) is 14.5. The smallest absolute Gasteiger partial charge is 0.293 e. The summed E-state index contributed by atoms with van der Waals surface area (Å²) in [6.07, 6.45) is 2.24. The number of benzene rings is 1. The second-order valence-corrected chi connectivity index (χ2v) is 7.73. The third-order valence-electron chi connectivity index (χ3n) is 4.22. The molecule has 1 aromatic carbocycles. The minimum absolute atomic E-state index is 0.0440. The minimum atomic E-state index is -3.71. The fourth-order valence-corrected chi connectivity index (χ4v) is 4.10. The molecule has 1 fully saturated rings. The topological polar surface area (TPSA) is 92.6 Å². The van der Waals surface area contributed by atoms with Gasteiger partial charge < -0.3 is 5.32 Å². The van der Waals surface area contributed by atoms with Crippen LogP contribution in [0.4, 0.5) is 11.4 Å². The van der Waals surface area contributed by atoms with Crippen molar-refractivity contribution in [3.63, 3.8) is 0 Å². The molecule has 23 heavy (non-hydrogen) atoms. The Morgan fingerprint density at radius 1 is 1.35 bits per heavy atom. The van der Waals surface area contributed by atoms with E-state index in [-0.39, 0.29) is 16.6 Å². The third-order valence-corrected chi connectivity index (χ3v) is 6.27. The van der Waals surface area contributed by atoms with Crippen molar-refractivity contribution in [2.24, 2.45) is 5.92 Å². The SMILES string of the molecule is CCN(CC)S(=O)(=O)c1ccc(NC(C)C2CC2)c([N+](=O)[O-])c1. The van der Waals surface area contributed by atoms with E-state index in [0.717, 1.165) is 18.9 Å². The first-order valence-electron chi connectivity index (χ1n) is 7.86. The number of rotatable bonds is 8. The summed E-state index contributed by atoms with van der Waals surface area (Å²) >= 11 is 0. The van der Waals surface area contributed by atoms with Crippen molar-refractivity contribution in [3.05, 3.63) is 28.3 Å². The average Bonchev–Trinajstić information content (AvgIpc) is 3.32. The van der Waals surface area contributed by atoms with Gasteiger partial charge in [0.25, 0.3) is 5.69 Å². The van der Waals surface area contributed by atoms with Crippen LogP contribution in [0.25, 0.3) is 0 Å². The number of anilines is 1. The monoisotopic (exact) mass is 341 g/mol. The van der Waals surface area contributed by atoms with Gasteiger partial charge in [-0.15, -0.1) is 0 Å². The van der Waals surface area contributed by atoms with Crippen molar-refractivity contribution >= 4 is 21.4 Å². The highest BCUT2D eigenvalue weighted by atomic mass is 32.2. The first kappa shape index (κ1) is 17.7. The second-order valence-electron chi connectivity index (χ2n) is 5.80. The lowest BCUT2D eigenvalue weighted by molar-refractivity contribution is -0.384. The third kappa shape index (κ3) is 3.81. The number of sulfonamides is 1. The van der Waals surface area contributed by atoms with E-state index in [0.29, 0.717) is 24.7 Å². The molecule has 0 radical (unpaired) electrons. The zero-order chi connectivity index (χ0) is 17.2. The Morgan fingerprint density at radius 3 is 2.43 bits per heavy atom. The average molecular weight is 341 g/mol. The van der Waals surface area contributed by atoms with Gasteiger partial charge in [-0.3, -0.25) is 10.1 Å². The Hall–Kier alpha value is -1.67. The molecule has 1 N–H and O–H groups in total. The molecule has 1 aromatic rings. The number of nitrogens with one attached hydrogen (secondary N) is 1. The van der Waals surface area contributed by atoms with E-state index in [1.807, 2.05) is 6.92 Å². The van der Waals surface area contributed by atoms with E-state index in [4.69, 9.17) is 0 Å². The summed E-state index contributed by atoms with van der Waals surface area (Å²) in [6.45, 7) is 6.12. The number of nitro benzene ring substituents is 1. The molecule has 8 heteroatoms. The quantitative estimate of drug-likeness (QED) is 0.580. The van der Waals surface area contributed by atoms with Crippen LogP contribution in [-0.2, 0) is 10.0 Å². The summed E-state index contributed by atoms with van der Waals surface area (Å²) in [5, 5.41) is 14.5. The van der Waals surface area contributed by atoms with E-state index < -0.39 is 14.9 Å². The molecule has 0 saturated heterocycles. The van der Waals surface area contributed by atoms with Gasteiger partial charge in [0, 0.05) is 25.2 Å². The van der Waals surface area contributed by atoms with Gasteiger partial charge in [-0.05, 0) is 37.8 Å². The molecule has 0 aromatic heterocycles. The van der Waals surface area contributed by atoms with Gasteiger partial charge in [-0.2, -0.15) is 4.31 Å². The van der Waals surface area contributed by atoms with Crippen molar-refractivity contribution in [2.45, 2.75) is 44.6 Å². The molecule has 1 aliphatic rings. The zero-order valence-electron chi connectivity index (χ0n) is 13.7. The van der Waals surface area contributed by atoms with Crippen molar-refractivity contribution in [1.82, 2.24) is 4.31 Å². The fraction of sp³-hybridized carbons (Fsp3) is 0.600. The molecule has 7 nitrogen and oxygen atoms in total. The van der Waals surface area contributed by atoms with E-state index in [1.54, 1.807) is 13.8 Å². The second kappa shape index (κ2) is 6.84. The number of nitro groups is 1. The fourth-order valence-electron chi connectivity index (χ4n) is 2.62. The number of nitrogens with zero attached hydrogens (tertiary/aromatic N) is 2. The predicted octanol–water partition coefficient (Wildman–Crippen LogP) is 2.84. The van der Waals surface area contributed by atoms with Gasteiger partial charge in [0.1, 0.15) is 5.69 Å². The van der Waals surface area contributed by atoms with Crippen LogP contribution in [0.15, 0.2) is 23.1 Å².